The average Bonchev–Trinajstić information content (AvgIpc) is 2.62. The lowest BCUT2D eigenvalue weighted by Gasteiger charge is -2.25. The molecule has 0 heterocycles. The normalized spacial score (nSPS) is 20.8. The summed E-state index contributed by atoms with van der Waals surface area (Å²) in [6, 6.07) is 0. The van der Waals surface area contributed by atoms with Gasteiger partial charge in [-0.3, -0.25) is 4.79 Å². The summed E-state index contributed by atoms with van der Waals surface area (Å²) in [6.45, 7) is 4.75. The van der Waals surface area contributed by atoms with Crippen molar-refractivity contribution in [1.82, 2.24) is 0 Å². The molecule has 0 bridgehead atoms. The number of alkyl halides is 1. The molecule has 0 aromatic carbocycles. The number of ether oxygens (including phenoxy) is 3. The van der Waals surface area contributed by atoms with Crippen LogP contribution in [-0.2, 0) is 28.6 Å². The highest BCUT2D eigenvalue weighted by molar-refractivity contribution is 6.18. The van der Waals surface area contributed by atoms with Crippen molar-refractivity contribution in [3.8, 4) is 0 Å². The van der Waals surface area contributed by atoms with Gasteiger partial charge < -0.3 is 19.3 Å². The van der Waals surface area contributed by atoms with Crippen molar-refractivity contribution >= 4 is 29.5 Å². The van der Waals surface area contributed by atoms with E-state index in [0.29, 0.717) is 12.8 Å². The summed E-state index contributed by atoms with van der Waals surface area (Å²) in [5, 5.41) is 9.38. The maximum Gasteiger partial charge on any atom is 0.334 e. The first-order valence-electron chi connectivity index (χ1n) is 7.96. The summed E-state index contributed by atoms with van der Waals surface area (Å²) < 4.78 is 14.8. The van der Waals surface area contributed by atoms with E-state index in [-0.39, 0.29) is 37.2 Å². The Labute approximate surface area is 151 Å². The Morgan fingerprint density at radius 3 is 2.68 bits per heavy atom. The molecule has 0 aromatic heterocycles. The molecule has 0 saturated carbocycles. The molecular formula is C17H23ClO7. The van der Waals surface area contributed by atoms with Gasteiger partial charge in [0.25, 0.3) is 0 Å². The first-order valence-corrected chi connectivity index (χ1v) is 8.49. The van der Waals surface area contributed by atoms with Gasteiger partial charge in [0.05, 0.1) is 11.8 Å². The zero-order valence-corrected chi connectivity index (χ0v) is 14.9. The lowest BCUT2D eigenvalue weighted by atomic mass is 9.82. The van der Waals surface area contributed by atoms with E-state index in [1.165, 1.54) is 0 Å². The van der Waals surface area contributed by atoms with Crippen LogP contribution in [0.15, 0.2) is 24.3 Å². The topological polar surface area (TPSA) is 99.1 Å². The van der Waals surface area contributed by atoms with Crippen LogP contribution in [0.5, 0.6) is 0 Å². The smallest absolute Gasteiger partial charge is 0.334 e. The highest BCUT2D eigenvalue weighted by Gasteiger charge is 2.34. The first-order chi connectivity index (χ1) is 11.9. The molecule has 0 radical (unpaired) electrons. The van der Waals surface area contributed by atoms with Crippen molar-refractivity contribution in [2.24, 2.45) is 11.8 Å². The maximum atomic E-state index is 12.2. The Hall–Kier alpha value is -1.86. The monoisotopic (exact) mass is 374 g/mol. The number of aliphatic hydroxyl groups is 1. The number of hydrogen-bond donors (Lipinski definition) is 1. The van der Waals surface area contributed by atoms with E-state index in [1.807, 2.05) is 6.92 Å². The Bertz CT molecular complexity index is 529. The largest absolute Gasteiger partial charge is 0.462 e. The molecule has 3 unspecified atom stereocenters. The Balaban J connectivity index is 2.60. The van der Waals surface area contributed by atoms with Crippen molar-refractivity contribution < 1.29 is 33.7 Å². The van der Waals surface area contributed by atoms with Crippen LogP contribution in [0.25, 0.3) is 0 Å². The van der Waals surface area contributed by atoms with Gasteiger partial charge in [-0.15, -0.1) is 11.6 Å². The minimum absolute atomic E-state index is 0.0531. The molecule has 25 heavy (non-hydrogen) atoms. The number of rotatable bonds is 9. The number of carbonyl (C=O) groups excluding carboxylic acids is 3. The number of esters is 3. The molecule has 140 valence electrons. The van der Waals surface area contributed by atoms with Crippen molar-refractivity contribution in [2.45, 2.75) is 25.9 Å². The predicted octanol–water partition coefficient (Wildman–Crippen LogP) is 1.37. The van der Waals surface area contributed by atoms with E-state index in [9.17, 15) is 19.5 Å². The van der Waals surface area contributed by atoms with Crippen LogP contribution in [-0.4, -0.2) is 54.8 Å². The molecule has 0 aliphatic heterocycles. The first kappa shape index (κ1) is 21.2. The minimum Gasteiger partial charge on any atom is -0.462 e. The molecule has 0 fully saturated rings. The van der Waals surface area contributed by atoms with E-state index in [1.54, 1.807) is 6.08 Å². The van der Waals surface area contributed by atoms with E-state index in [2.05, 4.69) is 6.58 Å². The summed E-state index contributed by atoms with van der Waals surface area (Å²) in [6.07, 6.45) is 2.81. The van der Waals surface area contributed by atoms with Crippen LogP contribution in [0.3, 0.4) is 0 Å². The second kappa shape index (κ2) is 10.9. The number of allylic oxidation sites excluding steroid dienone is 1. The molecule has 1 aliphatic carbocycles. The molecule has 1 rings (SSSR count). The molecule has 7 nitrogen and oxygen atoms in total. The molecule has 3 atom stereocenters. The summed E-state index contributed by atoms with van der Waals surface area (Å²) >= 11 is 5.46. The second-order valence-corrected chi connectivity index (χ2v) is 6.04. The number of halogens is 1. The zero-order valence-electron chi connectivity index (χ0n) is 14.1. The van der Waals surface area contributed by atoms with Gasteiger partial charge in [-0.2, -0.15) is 0 Å². The third kappa shape index (κ3) is 7.27. The second-order valence-electron chi connectivity index (χ2n) is 5.73. The molecular weight excluding hydrogens is 352 g/mol. The Kier molecular flexibility index (Phi) is 9.23. The highest BCUT2D eigenvalue weighted by Crippen LogP contribution is 2.30. The standard InChI is InChI=1S/C17H23ClO7/c1-3-15(20)23-6-7-24-16(21)13-5-4-11(2)8-14(13)17(22)25-10-12(19)9-18/h3,5,11-12,14,19H,1,4,6-10H2,2H3. The summed E-state index contributed by atoms with van der Waals surface area (Å²) in [7, 11) is 0. The Morgan fingerprint density at radius 2 is 2.04 bits per heavy atom. The van der Waals surface area contributed by atoms with Crippen molar-refractivity contribution in [3.63, 3.8) is 0 Å². The summed E-state index contributed by atoms with van der Waals surface area (Å²) in [5.74, 6) is -2.46. The molecule has 1 N–H and O–H groups in total. The van der Waals surface area contributed by atoms with Crippen LogP contribution < -0.4 is 0 Å². The van der Waals surface area contributed by atoms with E-state index in [0.717, 1.165) is 6.08 Å². The van der Waals surface area contributed by atoms with E-state index < -0.39 is 29.9 Å². The van der Waals surface area contributed by atoms with Gasteiger partial charge >= 0.3 is 17.9 Å². The predicted molar refractivity (Wildman–Crippen MR) is 89.8 cm³/mol. The highest BCUT2D eigenvalue weighted by atomic mass is 35.5. The number of aliphatic hydroxyl groups excluding tert-OH is 1. The van der Waals surface area contributed by atoms with Gasteiger partial charge in [0, 0.05) is 11.6 Å². The lowest BCUT2D eigenvalue weighted by Crippen LogP contribution is -2.31. The van der Waals surface area contributed by atoms with Crippen LogP contribution in [0, 0.1) is 11.8 Å². The maximum absolute atomic E-state index is 12.2. The molecule has 1 aliphatic rings. The van der Waals surface area contributed by atoms with Crippen molar-refractivity contribution in [2.75, 3.05) is 25.7 Å². The van der Waals surface area contributed by atoms with Crippen LogP contribution >= 0.6 is 11.6 Å². The van der Waals surface area contributed by atoms with Gasteiger partial charge in [-0.1, -0.05) is 19.6 Å². The van der Waals surface area contributed by atoms with E-state index >= 15 is 0 Å². The van der Waals surface area contributed by atoms with Gasteiger partial charge in [-0.05, 0) is 18.8 Å². The van der Waals surface area contributed by atoms with Gasteiger partial charge in [-0.25, -0.2) is 9.59 Å². The van der Waals surface area contributed by atoms with Gasteiger partial charge in [0.1, 0.15) is 25.9 Å². The fraction of sp³-hybridized carbons (Fsp3) is 0.588. The number of hydrogen-bond acceptors (Lipinski definition) is 7. The number of carbonyl (C=O) groups is 3. The quantitative estimate of drug-likeness (QED) is 0.214. The summed E-state index contributed by atoms with van der Waals surface area (Å²) in [5.41, 5.74) is 0.221. The molecule has 8 heteroatoms. The third-order valence-electron chi connectivity index (χ3n) is 3.60. The van der Waals surface area contributed by atoms with Crippen LogP contribution in [0.4, 0.5) is 0 Å². The van der Waals surface area contributed by atoms with Gasteiger partial charge in [0.2, 0.25) is 0 Å². The summed E-state index contributed by atoms with van der Waals surface area (Å²) in [4.78, 5) is 35.3. The molecule has 0 amide bonds. The average molecular weight is 375 g/mol. The van der Waals surface area contributed by atoms with Crippen LogP contribution in [0.2, 0.25) is 0 Å². The third-order valence-corrected chi connectivity index (χ3v) is 3.95. The van der Waals surface area contributed by atoms with Crippen molar-refractivity contribution in [1.29, 1.82) is 0 Å². The molecule has 0 spiro atoms. The van der Waals surface area contributed by atoms with E-state index in [4.69, 9.17) is 25.8 Å². The minimum atomic E-state index is -0.953. The van der Waals surface area contributed by atoms with Gasteiger partial charge in [0.15, 0.2) is 0 Å². The fourth-order valence-corrected chi connectivity index (χ4v) is 2.38. The Morgan fingerprint density at radius 1 is 1.36 bits per heavy atom. The SMILES string of the molecule is C=CC(=O)OCCOC(=O)C1=CCC(C)CC1C(=O)OCC(O)CCl. The van der Waals surface area contributed by atoms with Crippen LogP contribution in [0.1, 0.15) is 19.8 Å². The van der Waals surface area contributed by atoms with Crippen molar-refractivity contribution in [3.05, 3.63) is 24.3 Å². The zero-order chi connectivity index (χ0) is 18.8. The fourth-order valence-electron chi connectivity index (χ4n) is 2.29. The lowest BCUT2D eigenvalue weighted by molar-refractivity contribution is -0.154. The molecule has 0 saturated heterocycles. The molecule has 0 aromatic rings.